The second kappa shape index (κ2) is 6.84. The highest BCUT2D eigenvalue weighted by atomic mass is 35.5. The van der Waals surface area contributed by atoms with Crippen LogP contribution in [-0.4, -0.2) is 25.9 Å². The van der Waals surface area contributed by atoms with Crippen LogP contribution in [0.4, 0.5) is 0 Å². The molecule has 4 heteroatoms. The zero-order valence-electron chi connectivity index (χ0n) is 10.4. The third-order valence-corrected chi connectivity index (χ3v) is 3.06. The molecule has 2 unspecified atom stereocenters. The SMILES string of the molecule is COCCC(C)C(O)c1cc(Cl)ccc1OC. The Kier molecular flexibility index (Phi) is 5.75. The molecule has 96 valence electrons. The van der Waals surface area contributed by atoms with Crippen molar-refractivity contribution < 1.29 is 14.6 Å². The maximum Gasteiger partial charge on any atom is 0.124 e. The van der Waals surface area contributed by atoms with E-state index in [2.05, 4.69) is 0 Å². The zero-order valence-corrected chi connectivity index (χ0v) is 11.2. The molecular formula is C13H19ClO3. The van der Waals surface area contributed by atoms with E-state index < -0.39 is 6.10 Å². The van der Waals surface area contributed by atoms with E-state index in [1.165, 1.54) is 0 Å². The van der Waals surface area contributed by atoms with E-state index in [0.29, 0.717) is 17.4 Å². The number of hydrogen-bond acceptors (Lipinski definition) is 3. The van der Waals surface area contributed by atoms with Gasteiger partial charge in [-0.2, -0.15) is 0 Å². The number of methoxy groups -OCH3 is 2. The summed E-state index contributed by atoms with van der Waals surface area (Å²) in [6.07, 6.45) is 0.187. The van der Waals surface area contributed by atoms with Gasteiger partial charge < -0.3 is 14.6 Å². The van der Waals surface area contributed by atoms with Crippen molar-refractivity contribution in [1.29, 1.82) is 0 Å². The zero-order chi connectivity index (χ0) is 12.8. The van der Waals surface area contributed by atoms with Crippen molar-refractivity contribution in [2.75, 3.05) is 20.8 Å². The lowest BCUT2D eigenvalue weighted by molar-refractivity contribution is 0.0866. The topological polar surface area (TPSA) is 38.7 Å². The van der Waals surface area contributed by atoms with E-state index in [-0.39, 0.29) is 5.92 Å². The third-order valence-electron chi connectivity index (χ3n) is 2.83. The summed E-state index contributed by atoms with van der Waals surface area (Å²) in [5.41, 5.74) is 0.726. The van der Waals surface area contributed by atoms with Crippen molar-refractivity contribution >= 4 is 11.6 Å². The van der Waals surface area contributed by atoms with E-state index in [1.807, 2.05) is 6.92 Å². The Morgan fingerprint density at radius 1 is 1.35 bits per heavy atom. The van der Waals surface area contributed by atoms with Crippen LogP contribution in [0.25, 0.3) is 0 Å². The molecule has 17 heavy (non-hydrogen) atoms. The summed E-state index contributed by atoms with van der Waals surface area (Å²) >= 11 is 5.94. The predicted molar refractivity (Wildman–Crippen MR) is 68.6 cm³/mol. The molecule has 0 saturated carbocycles. The summed E-state index contributed by atoms with van der Waals surface area (Å²) in [6, 6.07) is 5.26. The molecule has 0 saturated heterocycles. The minimum absolute atomic E-state index is 0.0855. The summed E-state index contributed by atoms with van der Waals surface area (Å²) in [6.45, 7) is 2.60. The lowest BCUT2D eigenvalue weighted by Crippen LogP contribution is -2.12. The second-order valence-corrected chi connectivity index (χ2v) is 4.53. The van der Waals surface area contributed by atoms with Crippen molar-refractivity contribution in [2.45, 2.75) is 19.4 Å². The molecule has 0 aromatic heterocycles. The highest BCUT2D eigenvalue weighted by Gasteiger charge is 2.20. The van der Waals surface area contributed by atoms with Crippen molar-refractivity contribution in [3.05, 3.63) is 28.8 Å². The first-order valence-corrected chi connectivity index (χ1v) is 5.98. The summed E-state index contributed by atoms with van der Waals surface area (Å²) < 4.78 is 10.2. The van der Waals surface area contributed by atoms with Crippen LogP contribution in [0.3, 0.4) is 0 Å². The first kappa shape index (κ1) is 14.3. The van der Waals surface area contributed by atoms with Crippen molar-refractivity contribution in [3.8, 4) is 5.75 Å². The molecule has 2 atom stereocenters. The molecule has 3 nitrogen and oxygen atoms in total. The second-order valence-electron chi connectivity index (χ2n) is 4.09. The van der Waals surface area contributed by atoms with Gasteiger partial charge in [-0.25, -0.2) is 0 Å². The highest BCUT2D eigenvalue weighted by Crippen LogP contribution is 2.33. The van der Waals surface area contributed by atoms with Gasteiger partial charge in [-0.15, -0.1) is 0 Å². The normalized spacial score (nSPS) is 14.4. The smallest absolute Gasteiger partial charge is 0.124 e. The number of rotatable bonds is 6. The van der Waals surface area contributed by atoms with Crippen LogP contribution >= 0.6 is 11.6 Å². The highest BCUT2D eigenvalue weighted by molar-refractivity contribution is 6.30. The van der Waals surface area contributed by atoms with Gasteiger partial charge in [0.2, 0.25) is 0 Å². The number of aliphatic hydroxyl groups excluding tert-OH is 1. The number of benzene rings is 1. The van der Waals surface area contributed by atoms with Gasteiger partial charge in [0.25, 0.3) is 0 Å². The minimum atomic E-state index is -0.598. The Bertz CT molecular complexity index is 355. The fourth-order valence-corrected chi connectivity index (χ4v) is 1.89. The Hall–Kier alpha value is -0.770. The number of halogens is 1. The molecule has 0 aliphatic rings. The Morgan fingerprint density at radius 2 is 2.06 bits per heavy atom. The Balaban J connectivity index is 2.86. The number of ether oxygens (including phenoxy) is 2. The average Bonchev–Trinajstić information content (AvgIpc) is 2.34. The third kappa shape index (κ3) is 3.87. The molecule has 0 heterocycles. The van der Waals surface area contributed by atoms with Gasteiger partial charge in [0.15, 0.2) is 0 Å². The predicted octanol–water partition coefficient (Wildman–Crippen LogP) is 3.05. The Labute approximate surface area is 107 Å². The summed E-state index contributed by atoms with van der Waals surface area (Å²) in [5, 5.41) is 10.9. The molecule has 0 spiro atoms. The summed E-state index contributed by atoms with van der Waals surface area (Å²) in [7, 11) is 3.23. The van der Waals surface area contributed by atoms with Gasteiger partial charge in [-0.05, 0) is 30.5 Å². The molecule has 0 aliphatic heterocycles. The van der Waals surface area contributed by atoms with Crippen molar-refractivity contribution in [2.24, 2.45) is 5.92 Å². The molecule has 1 N–H and O–H groups in total. The lowest BCUT2D eigenvalue weighted by Gasteiger charge is -2.21. The summed E-state index contributed by atoms with van der Waals surface area (Å²) in [5.74, 6) is 0.744. The molecular weight excluding hydrogens is 240 g/mol. The van der Waals surface area contributed by atoms with Gasteiger partial charge in [0, 0.05) is 24.3 Å². The van der Waals surface area contributed by atoms with E-state index >= 15 is 0 Å². The summed E-state index contributed by atoms with van der Waals surface area (Å²) in [4.78, 5) is 0. The molecule has 0 aliphatic carbocycles. The van der Waals surface area contributed by atoms with Gasteiger partial charge >= 0.3 is 0 Å². The van der Waals surface area contributed by atoms with E-state index in [9.17, 15) is 5.11 Å². The van der Waals surface area contributed by atoms with E-state index in [1.54, 1.807) is 32.4 Å². The van der Waals surface area contributed by atoms with Crippen LogP contribution in [-0.2, 0) is 4.74 Å². The largest absolute Gasteiger partial charge is 0.496 e. The number of hydrogen-bond donors (Lipinski definition) is 1. The lowest BCUT2D eigenvalue weighted by atomic mass is 9.94. The molecule has 0 fully saturated rings. The van der Waals surface area contributed by atoms with Crippen LogP contribution in [0, 0.1) is 5.92 Å². The molecule has 0 bridgehead atoms. The molecule has 1 aromatic rings. The van der Waals surface area contributed by atoms with Gasteiger partial charge in [-0.3, -0.25) is 0 Å². The van der Waals surface area contributed by atoms with Crippen LogP contribution in [0.5, 0.6) is 5.75 Å². The van der Waals surface area contributed by atoms with Crippen LogP contribution in [0.1, 0.15) is 25.0 Å². The maximum absolute atomic E-state index is 10.3. The van der Waals surface area contributed by atoms with Gasteiger partial charge in [0.1, 0.15) is 5.75 Å². The average molecular weight is 259 g/mol. The molecule has 1 rings (SSSR count). The molecule has 0 amide bonds. The fourth-order valence-electron chi connectivity index (χ4n) is 1.70. The minimum Gasteiger partial charge on any atom is -0.496 e. The first-order chi connectivity index (χ1) is 8.10. The monoisotopic (exact) mass is 258 g/mol. The standard InChI is InChI=1S/C13H19ClO3/c1-9(6-7-16-2)13(15)11-8-10(14)4-5-12(11)17-3/h4-5,8-9,13,15H,6-7H2,1-3H3. The quantitative estimate of drug-likeness (QED) is 0.852. The maximum atomic E-state index is 10.3. The van der Waals surface area contributed by atoms with Crippen molar-refractivity contribution in [3.63, 3.8) is 0 Å². The molecule has 0 radical (unpaired) electrons. The van der Waals surface area contributed by atoms with Crippen molar-refractivity contribution in [1.82, 2.24) is 0 Å². The Morgan fingerprint density at radius 3 is 2.65 bits per heavy atom. The van der Waals surface area contributed by atoms with Gasteiger partial charge in [0.05, 0.1) is 13.2 Å². The molecule has 1 aromatic carbocycles. The van der Waals surface area contributed by atoms with Crippen LogP contribution in [0.15, 0.2) is 18.2 Å². The first-order valence-electron chi connectivity index (χ1n) is 5.60. The van der Waals surface area contributed by atoms with Gasteiger partial charge in [-0.1, -0.05) is 18.5 Å². The van der Waals surface area contributed by atoms with E-state index in [0.717, 1.165) is 12.0 Å². The van der Waals surface area contributed by atoms with Crippen LogP contribution < -0.4 is 4.74 Å². The van der Waals surface area contributed by atoms with Crippen LogP contribution in [0.2, 0.25) is 5.02 Å². The van der Waals surface area contributed by atoms with E-state index in [4.69, 9.17) is 21.1 Å². The number of aliphatic hydroxyl groups is 1. The fraction of sp³-hybridized carbons (Fsp3) is 0.538.